The van der Waals surface area contributed by atoms with Crippen LogP contribution in [0, 0.1) is 6.92 Å². The predicted molar refractivity (Wildman–Crippen MR) is 69.7 cm³/mol. The summed E-state index contributed by atoms with van der Waals surface area (Å²) in [6, 6.07) is 3.66. The molecule has 0 spiro atoms. The van der Waals surface area contributed by atoms with E-state index in [1.54, 1.807) is 0 Å². The quantitative estimate of drug-likeness (QED) is 0.816. The van der Waals surface area contributed by atoms with E-state index >= 15 is 0 Å². The van der Waals surface area contributed by atoms with Crippen LogP contribution in [0.1, 0.15) is 23.5 Å². The van der Waals surface area contributed by atoms with Gasteiger partial charge in [-0.1, -0.05) is 17.7 Å². The summed E-state index contributed by atoms with van der Waals surface area (Å²) in [5, 5.41) is 0. The number of aryl methyl sites for hydroxylation is 1. The van der Waals surface area contributed by atoms with Crippen LogP contribution in [0.15, 0.2) is 23.1 Å². The second-order valence-corrected chi connectivity index (χ2v) is 7.31. The fraction of sp³-hybridized carbons (Fsp3) is 0.538. The van der Waals surface area contributed by atoms with Gasteiger partial charge >= 0.3 is 18.0 Å². The highest BCUT2D eigenvalue weighted by Crippen LogP contribution is 2.50. The van der Waals surface area contributed by atoms with Crippen LogP contribution in [-0.2, 0) is 10.0 Å². The summed E-state index contributed by atoms with van der Waals surface area (Å²) < 4.78 is 116. The van der Waals surface area contributed by atoms with Gasteiger partial charge in [-0.2, -0.15) is 30.7 Å². The lowest BCUT2D eigenvalue weighted by Crippen LogP contribution is -2.53. The molecule has 24 heavy (non-hydrogen) atoms. The molecule has 0 aliphatic carbocycles. The largest absolute Gasteiger partial charge is 0.459 e. The standard InChI is InChI=1S/C13H12F7NO2S/c1-7-2-3-10-9(4-7)8(6-21-24(10,22)23)5-11(14,15)12(16,17)13(18,19)20/h2-4,8,21H,5-6H2,1H3. The number of fused-ring (bicyclic) bond motifs is 1. The molecule has 1 aliphatic heterocycles. The van der Waals surface area contributed by atoms with Gasteiger partial charge in [-0.25, -0.2) is 13.1 Å². The molecule has 1 heterocycles. The third kappa shape index (κ3) is 3.10. The van der Waals surface area contributed by atoms with Crippen molar-refractivity contribution in [3.05, 3.63) is 29.3 Å². The summed E-state index contributed by atoms with van der Waals surface area (Å²) in [6.45, 7) is 0.816. The topological polar surface area (TPSA) is 46.2 Å². The molecule has 2 rings (SSSR count). The molecule has 0 radical (unpaired) electrons. The summed E-state index contributed by atoms with van der Waals surface area (Å²) >= 11 is 0. The van der Waals surface area contributed by atoms with Gasteiger partial charge in [-0.15, -0.1) is 0 Å². The molecule has 0 saturated heterocycles. The Morgan fingerprint density at radius 1 is 1.12 bits per heavy atom. The van der Waals surface area contributed by atoms with E-state index in [1.165, 1.54) is 19.1 Å². The summed E-state index contributed by atoms with van der Waals surface area (Å²) in [5.74, 6) is -13.1. The van der Waals surface area contributed by atoms with Gasteiger partial charge in [-0.3, -0.25) is 0 Å². The van der Waals surface area contributed by atoms with Crippen molar-refractivity contribution < 1.29 is 39.2 Å². The summed E-state index contributed by atoms with van der Waals surface area (Å²) in [4.78, 5) is -0.407. The van der Waals surface area contributed by atoms with Crippen molar-refractivity contribution in [1.82, 2.24) is 4.72 Å². The molecule has 0 fully saturated rings. The first-order valence-electron chi connectivity index (χ1n) is 6.61. The van der Waals surface area contributed by atoms with Gasteiger partial charge in [0.1, 0.15) is 0 Å². The molecule has 0 aromatic heterocycles. The van der Waals surface area contributed by atoms with Crippen LogP contribution in [0.3, 0.4) is 0 Å². The van der Waals surface area contributed by atoms with E-state index in [4.69, 9.17) is 0 Å². The summed E-state index contributed by atoms with van der Waals surface area (Å²) in [7, 11) is -4.02. The zero-order valence-electron chi connectivity index (χ0n) is 12.1. The van der Waals surface area contributed by atoms with Gasteiger partial charge in [0.05, 0.1) is 4.90 Å². The van der Waals surface area contributed by atoms with Crippen LogP contribution in [0.4, 0.5) is 30.7 Å². The SMILES string of the molecule is Cc1ccc2c(c1)C(CC(F)(F)C(F)(F)C(F)(F)F)CNS2(=O)=O. The van der Waals surface area contributed by atoms with Gasteiger partial charge in [0, 0.05) is 18.9 Å². The fourth-order valence-electron chi connectivity index (χ4n) is 2.46. The number of hydrogen-bond acceptors (Lipinski definition) is 2. The monoisotopic (exact) mass is 379 g/mol. The number of halogens is 7. The number of hydrogen-bond donors (Lipinski definition) is 1. The molecule has 3 nitrogen and oxygen atoms in total. The van der Waals surface area contributed by atoms with Crippen LogP contribution >= 0.6 is 0 Å². The van der Waals surface area contributed by atoms with Crippen LogP contribution in [0.5, 0.6) is 0 Å². The van der Waals surface area contributed by atoms with Crippen LogP contribution < -0.4 is 4.72 Å². The number of alkyl halides is 7. The first-order chi connectivity index (χ1) is 10.7. The van der Waals surface area contributed by atoms with Crippen molar-refractivity contribution in [3.8, 4) is 0 Å². The zero-order chi connectivity index (χ0) is 18.6. The molecular formula is C13H12F7NO2S. The van der Waals surface area contributed by atoms with E-state index in [9.17, 15) is 39.2 Å². The van der Waals surface area contributed by atoms with Crippen LogP contribution in [0.2, 0.25) is 0 Å². The van der Waals surface area contributed by atoms with Crippen molar-refractivity contribution >= 4 is 10.0 Å². The van der Waals surface area contributed by atoms with Gasteiger partial charge in [0.15, 0.2) is 0 Å². The van der Waals surface area contributed by atoms with E-state index in [-0.39, 0.29) is 5.56 Å². The van der Waals surface area contributed by atoms with E-state index in [1.807, 2.05) is 4.72 Å². The minimum atomic E-state index is -6.42. The maximum Gasteiger partial charge on any atom is 0.459 e. The number of benzene rings is 1. The van der Waals surface area contributed by atoms with Crippen molar-refractivity contribution in [2.24, 2.45) is 0 Å². The minimum Gasteiger partial charge on any atom is -0.211 e. The third-order valence-electron chi connectivity index (χ3n) is 3.73. The second kappa shape index (κ2) is 5.58. The number of nitrogens with one attached hydrogen (secondary N) is 1. The lowest BCUT2D eigenvalue weighted by molar-refractivity contribution is -0.356. The smallest absolute Gasteiger partial charge is 0.211 e. The first kappa shape index (κ1) is 19.0. The molecule has 1 unspecified atom stereocenters. The minimum absolute atomic E-state index is 0.202. The van der Waals surface area contributed by atoms with Crippen molar-refractivity contribution in [1.29, 1.82) is 0 Å². The molecular weight excluding hydrogens is 367 g/mol. The molecule has 136 valence electrons. The zero-order valence-corrected chi connectivity index (χ0v) is 12.9. The lowest BCUT2D eigenvalue weighted by atomic mass is 9.89. The first-order valence-corrected chi connectivity index (χ1v) is 8.10. The predicted octanol–water partition coefficient (Wildman–Crippen LogP) is 3.59. The van der Waals surface area contributed by atoms with Crippen LogP contribution in [0.25, 0.3) is 0 Å². The Morgan fingerprint density at radius 3 is 2.25 bits per heavy atom. The Labute approximate surface area is 132 Å². The van der Waals surface area contributed by atoms with E-state index in [0.717, 1.165) is 6.07 Å². The van der Waals surface area contributed by atoms with E-state index in [2.05, 4.69) is 0 Å². The normalized spacial score (nSPS) is 21.4. The lowest BCUT2D eigenvalue weighted by Gasteiger charge is -2.33. The average Bonchev–Trinajstić information content (AvgIpc) is 2.40. The Balaban J connectivity index is 2.43. The Kier molecular flexibility index (Phi) is 4.41. The molecule has 1 atom stereocenters. The third-order valence-corrected chi connectivity index (χ3v) is 5.23. The summed E-state index contributed by atoms with van der Waals surface area (Å²) in [5.41, 5.74) is 0.258. The number of sulfonamides is 1. The number of rotatable bonds is 3. The molecule has 1 aromatic carbocycles. The van der Waals surface area contributed by atoms with Gasteiger partial charge in [-0.05, 0) is 18.6 Å². The molecule has 11 heteroatoms. The van der Waals surface area contributed by atoms with Gasteiger partial charge < -0.3 is 0 Å². The highest BCUT2D eigenvalue weighted by molar-refractivity contribution is 7.89. The maximum absolute atomic E-state index is 13.6. The average molecular weight is 379 g/mol. The van der Waals surface area contributed by atoms with Crippen molar-refractivity contribution in [3.63, 3.8) is 0 Å². The van der Waals surface area contributed by atoms with Crippen LogP contribution in [-0.4, -0.2) is 33.0 Å². The van der Waals surface area contributed by atoms with Gasteiger partial charge in [0.25, 0.3) is 0 Å². The Hall–Kier alpha value is -1.36. The van der Waals surface area contributed by atoms with E-state index in [0.29, 0.717) is 5.56 Å². The molecule has 0 saturated carbocycles. The highest BCUT2D eigenvalue weighted by Gasteiger charge is 2.73. The molecule has 0 amide bonds. The molecule has 0 bridgehead atoms. The molecule has 1 N–H and O–H groups in total. The maximum atomic E-state index is 13.6. The van der Waals surface area contributed by atoms with Gasteiger partial charge in [0.2, 0.25) is 10.0 Å². The Bertz CT molecular complexity index is 743. The summed E-state index contributed by atoms with van der Waals surface area (Å²) in [6.07, 6.45) is -8.27. The molecule has 1 aliphatic rings. The fourth-order valence-corrected chi connectivity index (χ4v) is 3.82. The Morgan fingerprint density at radius 2 is 1.71 bits per heavy atom. The van der Waals surface area contributed by atoms with E-state index < -0.39 is 51.8 Å². The highest BCUT2D eigenvalue weighted by atomic mass is 32.2. The molecule has 1 aromatic rings. The second-order valence-electron chi connectivity index (χ2n) is 5.57. The van der Waals surface area contributed by atoms with Crippen molar-refractivity contribution in [2.75, 3.05) is 6.54 Å². The van der Waals surface area contributed by atoms with Crippen molar-refractivity contribution in [2.45, 2.75) is 42.2 Å².